The van der Waals surface area contributed by atoms with Gasteiger partial charge in [-0.25, -0.2) is 0 Å². The van der Waals surface area contributed by atoms with E-state index >= 15 is 0 Å². The first-order valence-electron chi connectivity index (χ1n) is 5.93. The molecule has 0 N–H and O–H groups in total. The Morgan fingerprint density at radius 1 is 1.38 bits per heavy atom. The van der Waals surface area contributed by atoms with Crippen molar-refractivity contribution in [1.82, 2.24) is 4.90 Å². The van der Waals surface area contributed by atoms with Crippen molar-refractivity contribution >= 4 is 11.8 Å². The summed E-state index contributed by atoms with van der Waals surface area (Å²) in [5.41, 5.74) is 5.54. The maximum absolute atomic E-state index is 3.90. The molecule has 1 nitrogen and oxygen atoms in total. The van der Waals surface area contributed by atoms with E-state index in [-0.39, 0.29) is 0 Å². The molecule has 0 bridgehead atoms. The van der Waals surface area contributed by atoms with Gasteiger partial charge in [-0.15, -0.1) is 0 Å². The Hall–Kier alpha value is -1.50. The van der Waals surface area contributed by atoms with E-state index in [1.807, 2.05) is 6.08 Å². The average Bonchev–Trinajstić information content (AvgIpc) is 2.70. The molecule has 1 heteroatoms. The molecule has 0 aliphatic carbocycles. The molecule has 1 aromatic rings. The van der Waals surface area contributed by atoms with Crippen LogP contribution in [0.25, 0.3) is 11.8 Å². The number of rotatable bonds is 3. The zero-order valence-electron chi connectivity index (χ0n) is 10.2. The summed E-state index contributed by atoms with van der Waals surface area (Å²) in [6.07, 6.45) is 4.29. The molecule has 16 heavy (non-hydrogen) atoms. The maximum atomic E-state index is 3.90. The zero-order valence-corrected chi connectivity index (χ0v) is 10.2. The Kier molecular flexibility index (Phi) is 3.14. The Labute approximate surface area is 98.1 Å². The first-order valence-corrected chi connectivity index (χ1v) is 5.93. The maximum Gasteiger partial charge on any atom is 0.0435 e. The molecule has 0 aromatic heterocycles. The molecule has 1 heterocycles. The Bertz CT molecular complexity index is 429. The topological polar surface area (TPSA) is 3.24 Å². The predicted octanol–water partition coefficient (Wildman–Crippen LogP) is 3.79. The molecular formula is C15H19N. The SMILES string of the molecule is C=Cc1ccccc1C1=C(CC)CCN1C. The van der Waals surface area contributed by atoms with Crippen molar-refractivity contribution in [3.63, 3.8) is 0 Å². The lowest BCUT2D eigenvalue weighted by molar-refractivity contribution is 0.516. The molecular weight excluding hydrogens is 194 g/mol. The van der Waals surface area contributed by atoms with Crippen molar-refractivity contribution in [2.45, 2.75) is 19.8 Å². The Morgan fingerprint density at radius 2 is 2.12 bits per heavy atom. The second-order valence-corrected chi connectivity index (χ2v) is 4.27. The highest BCUT2D eigenvalue weighted by Gasteiger charge is 2.20. The summed E-state index contributed by atoms with van der Waals surface area (Å²) in [7, 11) is 2.18. The fourth-order valence-corrected chi connectivity index (χ4v) is 2.43. The number of hydrogen-bond donors (Lipinski definition) is 0. The normalized spacial score (nSPS) is 15.8. The minimum absolute atomic E-state index is 1.14. The molecule has 84 valence electrons. The first kappa shape index (κ1) is 11.0. The van der Waals surface area contributed by atoms with Crippen LogP contribution in [-0.4, -0.2) is 18.5 Å². The molecule has 0 atom stereocenters. The van der Waals surface area contributed by atoms with Gasteiger partial charge in [0, 0.05) is 24.9 Å². The predicted molar refractivity (Wildman–Crippen MR) is 71.0 cm³/mol. The summed E-state index contributed by atoms with van der Waals surface area (Å²) in [5, 5.41) is 0. The van der Waals surface area contributed by atoms with Gasteiger partial charge in [0.15, 0.2) is 0 Å². The largest absolute Gasteiger partial charge is 0.374 e. The standard InChI is InChI=1S/C15H19N/c1-4-12-8-6-7-9-14(12)15-13(5-2)10-11-16(15)3/h4,6-9H,1,5,10-11H2,2-3H3. The molecule has 2 rings (SSSR count). The van der Waals surface area contributed by atoms with Gasteiger partial charge in [-0.3, -0.25) is 0 Å². The lowest BCUT2D eigenvalue weighted by Crippen LogP contribution is -2.12. The number of benzene rings is 1. The molecule has 1 aliphatic heterocycles. The van der Waals surface area contributed by atoms with Crippen LogP contribution < -0.4 is 0 Å². The van der Waals surface area contributed by atoms with E-state index in [4.69, 9.17) is 0 Å². The number of hydrogen-bond acceptors (Lipinski definition) is 1. The van der Waals surface area contributed by atoms with Gasteiger partial charge in [0.25, 0.3) is 0 Å². The van der Waals surface area contributed by atoms with Gasteiger partial charge < -0.3 is 4.90 Å². The smallest absolute Gasteiger partial charge is 0.0435 e. The molecule has 0 fully saturated rings. The summed E-state index contributed by atoms with van der Waals surface area (Å²) in [6.45, 7) is 7.28. The van der Waals surface area contributed by atoms with Crippen LogP contribution in [0.1, 0.15) is 30.9 Å². The third-order valence-electron chi connectivity index (χ3n) is 3.33. The Balaban J connectivity index is 2.54. The molecule has 1 aliphatic rings. The van der Waals surface area contributed by atoms with Crippen LogP contribution in [0, 0.1) is 0 Å². The lowest BCUT2D eigenvalue weighted by atomic mass is 10.00. The van der Waals surface area contributed by atoms with Crippen molar-refractivity contribution in [3.05, 3.63) is 47.5 Å². The van der Waals surface area contributed by atoms with Gasteiger partial charge in [0.2, 0.25) is 0 Å². The van der Waals surface area contributed by atoms with E-state index in [0.717, 1.165) is 13.0 Å². The van der Waals surface area contributed by atoms with Crippen molar-refractivity contribution < 1.29 is 0 Å². The summed E-state index contributed by atoms with van der Waals surface area (Å²) >= 11 is 0. The second-order valence-electron chi connectivity index (χ2n) is 4.27. The van der Waals surface area contributed by atoms with Crippen LogP contribution in [0.5, 0.6) is 0 Å². The molecule has 0 saturated heterocycles. The molecule has 0 unspecified atom stereocenters. The lowest BCUT2D eigenvalue weighted by Gasteiger charge is -2.19. The highest BCUT2D eigenvalue weighted by Crippen LogP contribution is 2.33. The first-order chi connectivity index (χ1) is 7.77. The van der Waals surface area contributed by atoms with Gasteiger partial charge in [-0.2, -0.15) is 0 Å². The van der Waals surface area contributed by atoms with E-state index in [2.05, 4.69) is 49.7 Å². The second kappa shape index (κ2) is 4.56. The van der Waals surface area contributed by atoms with Gasteiger partial charge in [0.1, 0.15) is 0 Å². The van der Waals surface area contributed by atoms with Gasteiger partial charge in [0.05, 0.1) is 0 Å². The molecule has 0 spiro atoms. The van der Waals surface area contributed by atoms with Crippen LogP contribution in [-0.2, 0) is 0 Å². The Morgan fingerprint density at radius 3 is 2.81 bits per heavy atom. The minimum Gasteiger partial charge on any atom is -0.374 e. The number of nitrogens with zero attached hydrogens (tertiary/aromatic N) is 1. The molecule has 1 aromatic carbocycles. The van der Waals surface area contributed by atoms with E-state index in [1.54, 1.807) is 5.57 Å². The summed E-state index contributed by atoms with van der Waals surface area (Å²) < 4.78 is 0. The molecule has 0 amide bonds. The van der Waals surface area contributed by atoms with Crippen molar-refractivity contribution in [2.75, 3.05) is 13.6 Å². The van der Waals surface area contributed by atoms with Gasteiger partial charge >= 0.3 is 0 Å². The van der Waals surface area contributed by atoms with Crippen molar-refractivity contribution in [3.8, 4) is 0 Å². The van der Waals surface area contributed by atoms with E-state index in [9.17, 15) is 0 Å². The monoisotopic (exact) mass is 213 g/mol. The van der Waals surface area contributed by atoms with Crippen LogP contribution in [0.2, 0.25) is 0 Å². The van der Waals surface area contributed by atoms with E-state index in [0.29, 0.717) is 0 Å². The van der Waals surface area contributed by atoms with Gasteiger partial charge in [-0.05, 0) is 24.0 Å². The zero-order chi connectivity index (χ0) is 11.5. The summed E-state index contributed by atoms with van der Waals surface area (Å²) in [5.74, 6) is 0. The fraction of sp³-hybridized carbons (Fsp3) is 0.333. The van der Waals surface area contributed by atoms with Crippen LogP contribution in [0.15, 0.2) is 36.4 Å². The average molecular weight is 213 g/mol. The van der Waals surface area contributed by atoms with Crippen molar-refractivity contribution in [2.24, 2.45) is 0 Å². The fourth-order valence-electron chi connectivity index (χ4n) is 2.43. The quantitative estimate of drug-likeness (QED) is 0.738. The van der Waals surface area contributed by atoms with Crippen molar-refractivity contribution in [1.29, 1.82) is 0 Å². The van der Waals surface area contributed by atoms with Crippen LogP contribution >= 0.6 is 0 Å². The third kappa shape index (κ3) is 1.78. The van der Waals surface area contributed by atoms with E-state index < -0.39 is 0 Å². The third-order valence-corrected chi connectivity index (χ3v) is 3.33. The highest BCUT2D eigenvalue weighted by molar-refractivity contribution is 5.76. The molecule has 0 saturated carbocycles. The van der Waals surface area contributed by atoms with Gasteiger partial charge in [-0.1, -0.05) is 43.8 Å². The molecule has 0 radical (unpaired) electrons. The van der Waals surface area contributed by atoms with E-state index in [1.165, 1.54) is 23.2 Å². The summed E-state index contributed by atoms with van der Waals surface area (Å²) in [6, 6.07) is 8.51. The van der Waals surface area contributed by atoms with Crippen LogP contribution in [0.4, 0.5) is 0 Å². The highest BCUT2D eigenvalue weighted by atomic mass is 15.1. The summed E-state index contributed by atoms with van der Waals surface area (Å²) in [4.78, 5) is 2.36. The minimum atomic E-state index is 1.14. The van der Waals surface area contributed by atoms with Crippen LogP contribution in [0.3, 0.4) is 0 Å².